The molecule has 0 aliphatic heterocycles. The Morgan fingerprint density at radius 2 is 1.77 bits per heavy atom. The Morgan fingerprint density at radius 3 is 2.45 bits per heavy atom. The van der Waals surface area contributed by atoms with Crippen molar-refractivity contribution in [3.05, 3.63) is 46.6 Å². The van der Waals surface area contributed by atoms with Crippen LogP contribution in [0.4, 0.5) is 0 Å². The third-order valence-corrected chi connectivity index (χ3v) is 3.27. The Balaban J connectivity index is 3.97. The molecule has 0 spiro atoms. The van der Waals surface area contributed by atoms with Crippen LogP contribution in [0.5, 0.6) is 0 Å². The van der Waals surface area contributed by atoms with Gasteiger partial charge in [0.05, 0.1) is 0 Å². The smallest absolute Gasteiger partial charge is 0.234 e. The molecule has 0 rings (SSSR count). The van der Waals surface area contributed by atoms with Crippen molar-refractivity contribution >= 4 is 6.29 Å². The first-order valence-corrected chi connectivity index (χ1v) is 8.19. The fourth-order valence-electron chi connectivity index (χ4n) is 1.93. The van der Waals surface area contributed by atoms with Crippen molar-refractivity contribution in [1.82, 2.24) is 0 Å². The second kappa shape index (κ2) is 15.7. The van der Waals surface area contributed by atoms with E-state index in [4.69, 9.17) is 0 Å². The zero-order valence-electron chi connectivity index (χ0n) is 13.6. The maximum Gasteiger partial charge on any atom is 0.234 e. The predicted octanol–water partition coefficient (Wildman–Crippen LogP) is 4.94. The molecule has 1 radical (unpaired) electrons. The zero-order chi connectivity index (χ0) is 16.5. The molecule has 123 valence electrons. The van der Waals surface area contributed by atoms with Crippen LogP contribution in [0.2, 0.25) is 0 Å². The van der Waals surface area contributed by atoms with E-state index in [1.807, 2.05) is 24.5 Å². The van der Waals surface area contributed by atoms with Crippen molar-refractivity contribution in [2.75, 3.05) is 0 Å². The highest BCUT2D eigenvalue weighted by molar-refractivity contribution is 5.50. The lowest BCUT2D eigenvalue weighted by Crippen LogP contribution is -2.15. The van der Waals surface area contributed by atoms with Gasteiger partial charge in [0.15, 0.2) is 6.29 Å². The first-order valence-electron chi connectivity index (χ1n) is 8.19. The lowest BCUT2D eigenvalue weighted by molar-refractivity contribution is -0.508. The van der Waals surface area contributed by atoms with Crippen LogP contribution >= 0.6 is 0 Å². The maximum absolute atomic E-state index is 11.0. The summed E-state index contributed by atoms with van der Waals surface area (Å²) in [5.74, 6) is 0. The molecule has 4 nitrogen and oxygen atoms in total. The van der Waals surface area contributed by atoms with Crippen LogP contribution in [0, 0.1) is 10.1 Å². The standard InChI is InChI=1S/C18H28NO3/c1-2-3-4-5-6-9-12-15-18(19(21)22)16-13-10-7-8-11-14-17-20/h6,9-10,12-13,15,18H,2-5,7-8,11,14,16H2,1H3/b9-6-,13-10-,15-12+. The molecule has 0 aliphatic rings. The summed E-state index contributed by atoms with van der Waals surface area (Å²) in [6, 6.07) is -0.667. The van der Waals surface area contributed by atoms with Gasteiger partial charge in [-0.1, -0.05) is 50.1 Å². The summed E-state index contributed by atoms with van der Waals surface area (Å²) < 4.78 is 0. The summed E-state index contributed by atoms with van der Waals surface area (Å²) in [5.41, 5.74) is 0. The molecule has 0 N–H and O–H groups in total. The zero-order valence-corrected chi connectivity index (χ0v) is 13.6. The van der Waals surface area contributed by atoms with E-state index in [1.54, 1.807) is 12.2 Å². The highest BCUT2D eigenvalue weighted by atomic mass is 16.6. The van der Waals surface area contributed by atoms with Crippen LogP contribution < -0.4 is 0 Å². The molecule has 0 aromatic rings. The topological polar surface area (TPSA) is 60.2 Å². The highest BCUT2D eigenvalue weighted by Gasteiger charge is 2.12. The number of hydrogen-bond donors (Lipinski definition) is 0. The van der Waals surface area contributed by atoms with E-state index >= 15 is 0 Å². The fraction of sp³-hybridized carbons (Fsp3) is 0.611. The van der Waals surface area contributed by atoms with Crippen LogP contribution in [0.3, 0.4) is 0 Å². The highest BCUT2D eigenvalue weighted by Crippen LogP contribution is 2.05. The van der Waals surface area contributed by atoms with Gasteiger partial charge >= 0.3 is 0 Å². The van der Waals surface area contributed by atoms with E-state index in [1.165, 1.54) is 19.3 Å². The van der Waals surface area contributed by atoms with Crippen molar-refractivity contribution < 1.29 is 9.72 Å². The van der Waals surface area contributed by atoms with Crippen molar-refractivity contribution in [2.45, 2.75) is 70.8 Å². The second-order valence-electron chi connectivity index (χ2n) is 5.26. The number of unbranched alkanes of at least 4 members (excludes halogenated alkanes) is 6. The molecule has 0 aromatic heterocycles. The Kier molecular flexibility index (Phi) is 14.5. The summed E-state index contributed by atoms with van der Waals surface area (Å²) in [6.07, 6.45) is 21.1. The van der Waals surface area contributed by atoms with E-state index < -0.39 is 6.04 Å². The summed E-state index contributed by atoms with van der Waals surface area (Å²) in [5, 5.41) is 11.0. The third kappa shape index (κ3) is 13.3. The van der Waals surface area contributed by atoms with Gasteiger partial charge in [0.1, 0.15) is 0 Å². The lowest BCUT2D eigenvalue weighted by atomic mass is 10.1. The van der Waals surface area contributed by atoms with E-state index in [0.717, 1.165) is 25.7 Å². The lowest BCUT2D eigenvalue weighted by Gasteiger charge is -2.00. The molecule has 4 heteroatoms. The van der Waals surface area contributed by atoms with Gasteiger partial charge < -0.3 is 0 Å². The molecular weight excluding hydrogens is 278 g/mol. The average molecular weight is 306 g/mol. The minimum absolute atomic E-state index is 0.257. The molecule has 1 atom stereocenters. The Bertz CT molecular complexity index is 373. The van der Waals surface area contributed by atoms with Crippen molar-refractivity contribution in [3.63, 3.8) is 0 Å². The minimum atomic E-state index is -0.667. The SMILES string of the molecule is CCCCC/C=C\C=C\C(C/C=C\CCCC[C]=O)[N+](=O)[O-]. The van der Waals surface area contributed by atoms with Gasteiger partial charge in [-0.05, 0) is 38.2 Å². The van der Waals surface area contributed by atoms with Crippen molar-refractivity contribution in [3.8, 4) is 0 Å². The van der Waals surface area contributed by atoms with Gasteiger partial charge in [-0.15, -0.1) is 0 Å². The molecule has 0 saturated heterocycles. The van der Waals surface area contributed by atoms with Crippen molar-refractivity contribution in [2.24, 2.45) is 0 Å². The van der Waals surface area contributed by atoms with Crippen LogP contribution in [0.15, 0.2) is 36.5 Å². The molecule has 1 unspecified atom stereocenters. The quantitative estimate of drug-likeness (QED) is 0.150. The summed E-state index contributed by atoms with van der Waals surface area (Å²) in [6.45, 7) is 2.17. The second-order valence-corrected chi connectivity index (χ2v) is 5.26. The molecular formula is C18H28NO3. The number of nitro groups is 1. The van der Waals surface area contributed by atoms with E-state index in [-0.39, 0.29) is 4.92 Å². The Hall–Kier alpha value is -1.71. The first kappa shape index (κ1) is 20.3. The average Bonchev–Trinajstić information content (AvgIpc) is 2.50. The fourth-order valence-corrected chi connectivity index (χ4v) is 1.93. The van der Waals surface area contributed by atoms with Crippen LogP contribution in [-0.2, 0) is 4.79 Å². The van der Waals surface area contributed by atoms with Crippen LogP contribution in [-0.4, -0.2) is 17.3 Å². The van der Waals surface area contributed by atoms with Gasteiger partial charge in [-0.3, -0.25) is 14.9 Å². The number of carbonyl (C=O) groups excluding carboxylic acids is 1. The van der Waals surface area contributed by atoms with E-state index in [9.17, 15) is 14.9 Å². The summed E-state index contributed by atoms with van der Waals surface area (Å²) >= 11 is 0. The van der Waals surface area contributed by atoms with Gasteiger partial charge in [0.2, 0.25) is 6.04 Å². The molecule has 0 aromatic carbocycles. The van der Waals surface area contributed by atoms with Gasteiger partial charge in [-0.25, -0.2) is 0 Å². The molecule has 0 fully saturated rings. The van der Waals surface area contributed by atoms with Crippen LogP contribution in [0.1, 0.15) is 64.7 Å². The van der Waals surface area contributed by atoms with Gasteiger partial charge in [0, 0.05) is 17.8 Å². The Morgan fingerprint density at radius 1 is 1.05 bits per heavy atom. The molecule has 0 heterocycles. The first-order chi connectivity index (χ1) is 10.7. The molecule has 0 bridgehead atoms. The minimum Gasteiger partial charge on any atom is -0.291 e. The van der Waals surface area contributed by atoms with Gasteiger partial charge in [0.25, 0.3) is 0 Å². The number of rotatable bonds is 14. The normalized spacial score (nSPS) is 13.3. The number of allylic oxidation sites excluding steroid dienone is 4. The van der Waals surface area contributed by atoms with Crippen LogP contribution in [0.25, 0.3) is 0 Å². The van der Waals surface area contributed by atoms with E-state index in [0.29, 0.717) is 12.8 Å². The maximum atomic E-state index is 11.0. The number of hydrogen-bond acceptors (Lipinski definition) is 3. The third-order valence-electron chi connectivity index (χ3n) is 3.27. The predicted molar refractivity (Wildman–Crippen MR) is 91.1 cm³/mol. The van der Waals surface area contributed by atoms with Crippen molar-refractivity contribution in [1.29, 1.82) is 0 Å². The van der Waals surface area contributed by atoms with Gasteiger partial charge in [-0.2, -0.15) is 0 Å². The summed E-state index contributed by atoms with van der Waals surface area (Å²) in [4.78, 5) is 20.7. The summed E-state index contributed by atoms with van der Waals surface area (Å²) in [7, 11) is 0. The molecule has 0 saturated carbocycles. The Labute approximate surface area is 134 Å². The molecule has 0 amide bonds. The largest absolute Gasteiger partial charge is 0.291 e. The van der Waals surface area contributed by atoms with E-state index in [2.05, 4.69) is 13.0 Å². The molecule has 0 aliphatic carbocycles. The molecule has 22 heavy (non-hydrogen) atoms. The number of nitrogens with zero attached hydrogens (tertiary/aromatic N) is 1. The monoisotopic (exact) mass is 306 g/mol.